The largest absolute Gasteiger partial charge is 0.494 e. The van der Waals surface area contributed by atoms with Crippen LogP contribution in [0.1, 0.15) is 24.8 Å². The Hall–Kier alpha value is -2.84. The minimum Gasteiger partial charge on any atom is -0.494 e. The molecule has 3 aliphatic heterocycles. The smallest absolute Gasteiger partial charge is 0.335 e. The number of carboxylic acid groups (broad SMARTS) is 1. The summed E-state index contributed by atoms with van der Waals surface area (Å²) >= 11 is 13.1. The van der Waals surface area contributed by atoms with Crippen molar-refractivity contribution in [1.82, 2.24) is 4.90 Å². The van der Waals surface area contributed by atoms with Gasteiger partial charge in [-0.05, 0) is 49.6 Å². The Morgan fingerprint density at radius 1 is 0.977 bits per heavy atom. The van der Waals surface area contributed by atoms with Crippen molar-refractivity contribution in [1.29, 1.82) is 0 Å². The van der Waals surface area contributed by atoms with E-state index in [1.807, 2.05) is 18.2 Å². The number of carbonyl (C=O) groups excluding carboxylic acids is 1. The van der Waals surface area contributed by atoms with Crippen molar-refractivity contribution in [3.05, 3.63) is 45.9 Å². The lowest BCUT2D eigenvalue weighted by atomic mass is 9.99. The first-order valence-corrected chi connectivity index (χ1v) is 15.0. The van der Waals surface area contributed by atoms with Gasteiger partial charge in [0, 0.05) is 44.4 Å². The molecule has 5 unspecified atom stereocenters. The maximum Gasteiger partial charge on any atom is 0.335 e. The first-order valence-electron chi connectivity index (χ1n) is 14.2. The molecule has 2 aromatic carbocycles. The van der Waals surface area contributed by atoms with Crippen LogP contribution >= 0.6 is 23.2 Å². The van der Waals surface area contributed by atoms with Gasteiger partial charge < -0.3 is 44.9 Å². The van der Waals surface area contributed by atoms with E-state index in [1.165, 1.54) is 6.07 Å². The molecule has 0 radical (unpaired) electrons. The predicted molar refractivity (Wildman–Crippen MR) is 158 cm³/mol. The average molecular weight is 641 g/mol. The number of amides is 1. The van der Waals surface area contributed by atoms with Crippen molar-refractivity contribution in [2.24, 2.45) is 0 Å². The zero-order valence-electron chi connectivity index (χ0n) is 23.3. The molecule has 234 valence electrons. The van der Waals surface area contributed by atoms with Gasteiger partial charge in [0.2, 0.25) is 12.2 Å². The Bertz CT molecular complexity index is 1320. The molecule has 0 aliphatic carbocycles. The standard InChI is InChI=1S/C29H35Cl2N3O9/c30-22-19(6-7-20(23(22)31)42-29-26(38)24(36)25(37)27(43-29)28(39)40)34-12-10-33(11-13-34)9-1-2-14-41-17-5-3-16-4-8-21(35)32-18(16)15-17/h3,5-7,15,24-27,29,36-38H,1-2,4,8-14H2,(H,32,35)(H,39,40). The number of carbonyl (C=O) groups is 2. The Labute approximate surface area is 258 Å². The van der Waals surface area contributed by atoms with Gasteiger partial charge in [-0.15, -0.1) is 0 Å². The molecule has 2 aromatic rings. The number of fused-ring (bicyclic) bond motifs is 1. The highest BCUT2D eigenvalue weighted by Crippen LogP contribution is 2.41. The molecular formula is C29H35Cl2N3O9. The molecule has 5 N–H and O–H groups in total. The minimum absolute atomic E-state index is 0.0348. The number of rotatable bonds is 10. The van der Waals surface area contributed by atoms with Crippen LogP contribution in [0.5, 0.6) is 11.5 Å². The van der Waals surface area contributed by atoms with Crippen molar-refractivity contribution in [3.8, 4) is 11.5 Å². The number of aliphatic hydroxyl groups is 3. The molecule has 0 saturated carbocycles. The van der Waals surface area contributed by atoms with E-state index in [9.17, 15) is 30.0 Å². The molecule has 1 amide bonds. The van der Waals surface area contributed by atoms with E-state index in [0.717, 1.165) is 69.0 Å². The fourth-order valence-corrected chi connectivity index (χ4v) is 5.89. The third kappa shape index (κ3) is 7.28. The van der Waals surface area contributed by atoms with Crippen LogP contribution in [0.2, 0.25) is 10.0 Å². The Kier molecular flexibility index (Phi) is 10.2. The zero-order chi connectivity index (χ0) is 30.7. The fraction of sp³-hybridized carbons (Fsp3) is 0.517. The zero-order valence-corrected chi connectivity index (χ0v) is 24.8. The number of ether oxygens (including phenoxy) is 3. The van der Waals surface area contributed by atoms with Gasteiger partial charge in [0.1, 0.15) is 34.8 Å². The summed E-state index contributed by atoms with van der Waals surface area (Å²) in [4.78, 5) is 27.5. The molecule has 2 saturated heterocycles. The van der Waals surface area contributed by atoms with E-state index in [1.54, 1.807) is 6.07 Å². The number of nitrogens with one attached hydrogen (secondary N) is 1. The number of unbranched alkanes of at least 4 members (excludes halogenated alkanes) is 1. The monoisotopic (exact) mass is 639 g/mol. The summed E-state index contributed by atoms with van der Waals surface area (Å²) in [5.74, 6) is -0.688. The SMILES string of the molecule is O=C1CCc2ccc(OCCCCN3CCN(c4ccc(OC5OC(C(=O)O)C(O)C(O)C5O)c(Cl)c4Cl)CC3)cc2N1. The van der Waals surface area contributed by atoms with Gasteiger partial charge in [-0.25, -0.2) is 4.79 Å². The van der Waals surface area contributed by atoms with Gasteiger partial charge in [-0.3, -0.25) is 9.69 Å². The number of halogens is 2. The van der Waals surface area contributed by atoms with Crippen molar-refractivity contribution in [2.45, 2.75) is 56.4 Å². The van der Waals surface area contributed by atoms with Crippen molar-refractivity contribution >= 4 is 46.5 Å². The second-order valence-corrected chi connectivity index (χ2v) is 11.6. The summed E-state index contributed by atoms with van der Waals surface area (Å²) in [6, 6.07) is 9.10. The summed E-state index contributed by atoms with van der Waals surface area (Å²) in [5, 5.41) is 42.6. The minimum atomic E-state index is -1.83. The molecule has 0 aromatic heterocycles. The van der Waals surface area contributed by atoms with E-state index in [2.05, 4.69) is 15.1 Å². The first kappa shape index (κ1) is 31.6. The van der Waals surface area contributed by atoms with Gasteiger partial charge in [-0.2, -0.15) is 0 Å². The molecule has 3 aliphatic rings. The number of nitrogens with zero attached hydrogens (tertiary/aromatic N) is 2. The average Bonchev–Trinajstić information content (AvgIpc) is 2.99. The van der Waals surface area contributed by atoms with Gasteiger partial charge >= 0.3 is 5.97 Å². The van der Waals surface area contributed by atoms with Crippen LogP contribution in [0.25, 0.3) is 0 Å². The maximum absolute atomic E-state index is 11.6. The second-order valence-electron chi connectivity index (χ2n) is 10.8. The molecule has 0 spiro atoms. The molecule has 0 bridgehead atoms. The Balaban J connectivity index is 1.07. The number of aryl methyl sites for hydroxylation is 1. The molecular weight excluding hydrogens is 605 g/mol. The van der Waals surface area contributed by atoms with Crippen LogP contribution < -0.4 is 19.7 Å². The van der Waals surface area contributed by atoms with Gasteiger partial charge in [-0.1, -0.05) is 29.3 Å². The predicted octanol–water partition coefficient (Wildman–Crippen LogP) is 2.13. The van der Waals surface area contributed by atoms with Crippen molar-refractivity contribution in [2.75, 3.05) is 49.5 Å². The summed E-state index contributed by atoms with van der Waals surface area (Å²) in [6.07, 6.45) is -5.57. The molecule has 5 atom stereocenters. The highest BCUT2D eigenvalue weighted by atomic mass is 35.5. The highest BCUT2D eigenvalue weighted by Gasteiger charge is 2.48. The van der Waals surface area contributed by atoms with Crippen LogP contribution in [0, 0.1) is 0 Å². The number of aliphatic hydroxyl groups excluding tert-OH is 3. The lowest BCUT2D eigenvalue weighted by Crippen LogP contribution is -2.61. The fourth-order valence-electron chi connectivity index (χ4n) is 5.41. The number of carboxylic acids is 1. The van der Waals surface area contributed by atoms with Crippen LogP contribution in [-0.2, 0) is 20.7 Å². The van der Waals surface area contributed by atoms with E-state index in [4.69, 9.17) is 37.4 Å². The topological polar surface area (TPSA) is 161 Å². The Morgan fingerprint density at radius 2 is 1.74 bits per heavy atom. The highest BCUT2D eigenvalue weighted by molar-refractivity contribution is 6.44. The number of anilines is 2. The summed E-state index contributed by atoms with van der Waals surface area (Å²) in [5.41, 5.74) is 2.67. The third-order valence-corrected chi connectivity index (χ3v) is 8.76. The number of hydrogen-bond donors (Lipinski definition) is 5. The second kappa shape index (κ2) is 13.9. The summed E-state index contributed by atoms with van der Waals surface area (Å²) < 4.78 is 16.7. The van der Waals surface area contributed by atoms with Gasteiger partial charge in [0.25, 0.3) is 0 Å². The number of benzene rings is 2. The van der Waals surface area contributed by atoms with E-state index >= 15 is 0 Å². The van der Waals surface area contributed by atoms with E-state index in [-0.39, 0.29) is 21.7 Å². The van der Waals surface area contributed by atoms with Crippen LogP contribution in [0.4, 0.5) is 11.4 Å². The number of hydrogen-bond acceptors (Lipinski definition) is 10. The summed E-state index contributed by atoms with van der Waals surface area (Å²) in [7, 11) is 0. The van der Waals surface area contributed by atoms with Crippen LogP contribution in [0.15, 0.2) is 30.3 Å². The van der Waals surface area contributed by atoms with E-state index < -0.39 is 36.7 Å². The van der Waals surface area contributed by atoms with Gasteiger partial charge in [0.15, 0.2) is 6.10 Å². The lowest BCUT2D eigenvalue weighted by Gasteiger charge is -2.39. The Morgan fingerprint density at radius 3 is 2.49 bits per heavy atom. The maximum atomic E-state index is 11.6. The number of piperazine rings is 1. The van der Waals surface area contributed by atoms with Crippen LogP contribution in [-0.4, -0.2) is 107 Å². The molecule has 43 heavy (non-hydrogen) atoms. The van der Waals surface area contributed by atoms with E-state index in [0.29, 0.717) is 18.7 Å². The molecule has 5 rings (SSSR count). The molecule has 3 heterocycles. The first-order chi connectivity index (χ1) is 20.6. The van der Waals surface area contributed by atoms with Gasteiger partial charge in [0.05, 0.1) is 17.3 Å². The third-order valence-electron chi connectivity index (χ3n) is 7.91. The molecule has 12 nitrogen and oxygen atoms in total. The summed E-state index contributed by atoms with van der Waals surface area (Å²) in [6.45, 7) is 4.63. The van der Waals surface area contributed by atoms with Crippen molar-refractivity contribution in [3.63, 3.8) is 0 Å². The number of aliphatic carboxylic acids is 1. The molecule has 14 heteroatoms. The normalized spacial score (nSPS) is 26.0. The quantitative estimate of drug-likeness (QED) is 0.242. The van der Waals surface area contributed by atoms with Crippen LogP contribution in [0.3, 0.4) is 0 Å². The lowest BCUT2D eigenvalue weighted by molar-refractivity contribution is -0.271. The van der Waals surface area contributed by atoms with Crippen molar-refractivity contribution < 1.29 is 44.2 Å². The molecule has 2 fully saturated rings.